The molecular formula is C12H15NO3S. The molecule has 1 aromatic rings. The van der Waals surface area contributed by atoms with Crippen LogP contribution in [0, 0.1) is 12.8 Å². The number of carbonyl (C=O) groups excluding carboxylic acids is 1. The van der Waals surface area contributed by atoms with Crippen LogP contribution >= 0.6 is 11.3 Å². The maximum Gasteiger partial charge on any atom is 0.303 e. The molecule has 2 heterocycles. The summed E-state index contributed by atoms with van der Waals surface area (Å²) in [4.78, 5) is 25.3. The summed E-state index contributed by atoms with van der Waals surface area (Å²) in [6.07, 6.45) is 0.954. The molecule has 1 fully saturated rings. The number of hydrogen-bond acceptors (Lipinski definition) is 3. The molecular weight excluding hydrogens is 238 g/mol. The molecule has 0 spiro atoms. The zero-order chi connectivity index (χ0) is 12.4. The minimum Gasteiger partial charge on any atom is -0.481 e. The highest BCUT2D eigenvalue weighted by molar-refractivity contribution is 7.12. The summed E-state index contributed by atoms with van der Waals surface area (Å²) in [6.45, 7) is 3.17. The van der Waals surface area contributed by atoms with Gasteiger partial charge in [0.1, 0.15) is 0 Å². The first kappa shape index (κ1) is 12.1. The Morgan fingerprint density at radius 2 is 2.35 bits per heavy atom. The number of aryl methyl sites for hydroxylation is 1. The largest absolute Gasteiger partial charge is 0.481 e. The van der Waals surface area contributed by atoms with E-state index in [9.17, 15) is 9.59 Å². The van der Waals surface area contributed by atoms with Crippen LogP contribution in [0.25, 0.3) is 0 Å². The zero-order valence-electron chi connectivity index (χ0n) is 9.68. The second-order valence-corrected chi connectivity index (χ2v) is 5.35. The first-order chi connectivity index (χ1) is 8.08. The van der Waals surface area contributed by atoms with Gasteiger partial charge < -0.3 is 10.0 Å². The average molecular weight is 253 g/mol. The van der Waals surface area contributed by atoms with Crippen LogP contribution in [-0.2, 0) is 4.79 Å². The molecule has 0 bridgehead atoms. The predicted molar refractivity (Wildman–Crippen MR) is 65.3 cm³/mol. The highest BCUT2D eigenvalue weighted by Crippen LogP contribution is 2.24. The fourth-order valence-corrected chi connectivity index (χ4v) is 3.06. The van der Waals surface area contributed by atoms with Crippen LogP contribution in [0.15, 0.2) is 11.4 Å². The van der Waals surface area contributed by atoms with E-state index in [0.29, 0.717) is 13.1 Å². The van der Waals surface area contributed by atoms with Crippen molar-refractivity contribution >= 4 is 23.2 Å². The van der Waals surface area contributed by atoms with E-state index in [1.807, 2.05) is 18.4 Å². The van der Waals surface area contributed by atoms with Crippen molar-refractivity contribution in [3.05, 3.63) is 21.9 Å². The summed E-state index contributed by atoms with van der Waals surface area (Å²) >= 11 is 1.45. The van der Waals surface area contributed by atoms with Crippen molar-refractivity contribution in [3.63, 3.8) is 0 Å². The fraction of sp³-hybridized carbons (Fsp3) is 0.500. The van der Waals surface area contributed by atoms with Crippen LogP contribution in [0.4, 0.5) is 0 Å². The van der Waals surface area contributed by atoms with Gasteiger partial charge in [-0.2, -0.15) is 0 Å². The van der Waals surface area contributed by atoms with Crippen LogP contribution in [0.3, 0.4) is 0 Å². The third-order valence-electron chi connectivity index (χ3n) is 3.09. The summed E-state index contributed by atoms with van der Waals surface area (Å²) in [7, 11) is 0. The minimum absolute atomic E-state index is 0.0467. The maximum atomic E-state index is 12.1. The van der Waals surface area contributed by atoms with Gasteiger partial charge in [-0.15, -0.1) is 11.3 Å². The lowest BCUT2D eigenvalue weighted by Crippen LogP contribution is -2.28. The third-order valence-corrected chi connectivity index (χ3v) is 4.10. The van der Waals surface area contributed by atoms with Crippen molar-refractivity contribution in [2.24, 2.45) is 5.92 Å². The molecule has 0 saturated carbocycles. The summed E-state index contributed by atoms with van der Waals surface area (Å²) in [6, 6.07) is 1.93. The van der Waals surface area contributed by atoms with Gasteiger partial charge in [0.05, 0.1) is 4.88 Å². The average Bonchev–Trinajstić information content (AvgIpc) is 2.85. The van der Waals surface area contributed by atoms with Crippen molar-refractivity contribution in [1.29, 1.82) is 0 Å². The molecule has 1 aromatic heterocycles. The smallest absolute Gasteiger partial charge is 0.303 e. The Labute approximate surface area is 104 Å². The molecule has 5 heteroatoms. The number of carbonyl (C=O) groups is 2. The van der Waals surface area contributed by atoms with Gasteiger partial charge in [-0.05, 0) is 36.3 Å². The number of carboxylic acid groups (broad SMARTS) is 1. The first-order valence-corrected chi connectivity index (χ1v) is 6.51. The van der Waals surface area contributed by atoms with Gasteiger partial charge in [0.15, 0.2) is 0 Å². The van der Waals surface area contributed by atoms with Gasteiger partial charge >= 0.3 is 5.97 Å². The van der Waals surface area contributed by atoms with E-state index in [-0.39, 0.29) is 18.2 Å². The van der Waals surface area contributed by atoms with Gasteiger partial charge in [0.2, 0.25) is 0 Å². The van der Waals surface area contributed by atoms with Crippen molar-refractivity contribution in [1.82, 2.24) is 4.90 Å². The van der Waals surface area contributed by atoms with E-state index in [2.05, 4.69) is 0 Å². The van der Waals surface area contributed by atoms with Gasteiger partial charge in [-0.1, -0.05) is 0 Å². The number of thiophene rings is 1. The summed E-state index contributed by atoms with van der Waals surface area (Å²) in [5.41, 5.74) is 1.00. The number of amides is 1. The Morgan fingerprint density at radius 3 is 2.94 bits per heavy atom. The lowest BCUT2D eigenvalue weighted by Gasteiger charge is -2.15. The molecule has 0 aliphatic carbocycles. The Bertz CT molecular complexity index is 441. The molecule has 4 nitrogen and oxygen atoms in total. The molecule has 1 atom stereocenters. The Morgan fingerprint density at radius 1 is 1.59 bits per heavy atom. The number of aliphatic carboxylic acids is 1. The summed E-state index contributed by atoms with van der Waals surface area (Å²) < 4.78 is 0. The minimum atomic E-state index is -0.781. The zero-order valence-corrected chi connectivity index (χ0v) is 10.5. The molecule has 1 unspecified atom stereocenters. The van der Waals surface area contributed by atoms with Crippen LogP contribution in [0.2, 0.25) is 0 Å². The van der Waals surface area contributed by atoms with E-state index in [1.54, 1.807) is 4.90 Å². The van der Waals surface area contributed by atoms with Crippen LogP contribution in [0.1, 0.15) is 28.1 Å². The molecule has 1 amide bonds. The lowest BCUT2D eigenvalue weighted by atomic mass is 10.1. The van der Waals surface area contributed by atoms with Crippen LogP contribution in [-0.4, -0.2) is 35.0 Å². The van der Waals surface area contributed by atoms with Gasteiger partial charge in [0, 0.05) is 19.5 Å². The number of nitrogens with zero attached hydrogens (tertiary/aromatic N) is 1. The van der Waals surface area contributed by atoms with E-state index < -0.39 is 5.97 Å². The highest BCUT2D eigenvalue weighted by atomic mass is 32.1. The van der Waals surface area contributed by atoms with Crippen molar-refractivity contribution in [3.8, 4) is 0 Å². The Kier molecular flexibility index (Phi) is 3.47. The first-order valence-electron chi connectivity index (χ1n) is 5.63. The van der Waals surface area contributed by atoms with Crippen molar-refractivity contribution in [2.75, 3.05) is 13.1 Å². The topological polar surface area (TPSA) is 57.6 Å². The normalized spacial score (nSPS) is 19.6. The molecule has 1 N–H and O–H groups in total. The SMILES string of the molecule is Cc1ccsc1C(=O)N1CCC(CC(=O)O)C1. The highest BCUT2D eigenvalue weighted by Gasteiger charge is 2.29. The van der Waals surface area contributed by atoms with Crippen molar-refractivity contribution in [2.45, 2.75) is 19.8 Å². The van der Waals surface area contributed by atoms with E-state index in [0.717, 1.165) is 16.9 Å². The summed E-state index contributed by atoms with van der Waals surface area (Å²) in [5, 5.41) is 10.6. The summed E-state index contributed by atoms with van der Waals surface area (Å²) in [5.74, 6) is -0.626. The molecule has 92 valence electrons. The molecule has 17 heavy (non-hydrogen) atoms. The van der Waals surface area contributed by atoms with Gasteiger partial charge in [0.25, 0.3) is 5.91 Å². The van der Waals surface area contributed by atoms with E-state index in [1.165, 1.54) is 11.3 Å². The number of carboxylic acids is 1. The molecule has 1 aliphatic heterocycles. The van der Waals surface area contributed by atoms with E-state index in [4.69, 9.17) is 5.11 Å². The molecule has 0 aromatic carbocycles. The van der Waals surface area contributed by atoms with Gasteiger partial charge in [-0.25, -0.2) is 0 Å². The molecule has 1 saturated heterocycles. The van der Waals surface area contributed by atoms with E-state index >= 15 is 0 Å². The fourth-order valence-electron chi connectivity index (χ4n) is 2.17. The number of hydrogen-bond donors (Lipinski definition) is 1. The monoisotopic (exact) mass is 253 g/mol. The third kappa shape index (κ3) is 2.66. The lowest BCUT2D eigenvalue weighted by molar-refractivity contribution is -0.138. The standard InChI is InChI=1S/C12H15NO3S/c1-8-3-5-17-11(8)12(16)13-4-2-9(7-13)6-10(14)15/h3,5,9H,2,4,6-7H2,1H3,(H,14,15). The van der Waals surface area contributed by atoms with Crippen LogP contribution in [0.5, 0.6) is 0 Å². The molecule has 2 rings (SSSR count). The second-order valence-electron chi connectivity index (χ2n) is 4.44. The van der Waals surface area contributed by atoms with Crippen molar-refractivity contribution < 1.29 is 14.7 Å². The second kappa shape index (κ2) is 4.87. The molecule has 0 radical (unpaired) electrons. The Balaban J connectivity index is 1.99. The van der Waals surface area contributed by atoms with Gasteiger partial charge in [-0.3, -0.25) is 9.59 Å². The maximum absolute atomic E-state index is 12.1. The predicted octanol–water partition coefficient (Wildman–Crippen LogP) is 1.99. The number of likely N-dealkylation sites (tertiary alicyclic amines) is 1. The Hall–Kier alpha value is -1.36. The van der Waals surface area contributed by atoms with Crippen LogP contribution < -0.4 is 0 Å². The quantitative estimate of drug-likeness (QED) is 0.896. The molecule has 1 aliphatic rings. The number of rotatable bonds is 3.